The van der Waals surface area contributed by atoms with Crippen LogP contribution >= 0.6 is 11.6 Å². The van der Waals surface area contributed by atoms with Gasteiger partial charge in [0.15, 0.2) is 0 Å². The van der Waals surface area contributed by atoms with Crippen LogP contribution < -0.4 is 4.90 Å². The third kappa shape index (κ3) is 2.79. The van der Waals surface area contributed by atoms with Crippen molar-refractivity contribution in [2.45, 2.75) is 19.4 Å². The lowest BCUT2D eigenvalue weighted by Crippen LogP contribution is -2.36. The molecule has 1 unspecified atom stereocenters. The summed E-state index contributed by atoms with van der Waals surface area (Å²) in [6, 6.07) is 6.60. The fraction of sp³-hybridized carbons (Fsp3) is 0.571. The number of rotatable bonds is 4. The zero-order valence-corrected chi connectivity index (χ0v) is 11.8. The average Bonchev–Trinajstić information content (AvgIpc) is 2.82. The van der Waals surface area contributed by atoms with Gasteiger partial charge < -0.3 is 10.0 Å². The second kappa shape index (κ2) is 5.91. The Hall–Kier alpha value is -0.770. The fourth-order valence-corrected chi connectivity index (χ4v) is 2.77. The minimum Gasteiger partial charge on any atom is -0.395 e. The summed E-state index contributed by atoms with van der Waals surface area (Å²) in [6.45, 7) is 5.11. The first-order chi connectivity index (χ1) is 8.63. The summed E-state index contributed by atoms with van der Waals surface area (Å²) in [5.41, 5.74) is 2.40. The molecule has 1 aromatic carbocycles. The average molecular weight is 269 g/mol. The molecule has 100 valence electrons. The molecule has 2 rings (SSSR count). The first-order valence-electron chi connectivity index (χ1n) is 6.44. The highest BCUT2D eigenvalue weighted by Gasteiger charge is 2.26. The van der Waals surface area contributed by atoms with E-state index in [1.807, 2.05) is 12.1 Å². The predicted molar refractivity (Wildman–Crippen MR) is 76.5 cm³/mol. The molecule has 1 saturated heterocycles. The largest absolute Gasteiger partial charge is 0.395 e. The molecule has 0 aliphatic carbocycles. The summed E-state index contributed by atoms with van der Waals surface area (Å²) in [5.74, 6) is 0. The summed E-state index contributed by atoms with van der Waals surface area (Å²) in [7, 11) is 2.08. The molecule has 0 spiro atoms. The molecule has 1 fully saturated rings. The van der Waals surface area contributed by atoms with Crippen molar-refractivity contribution in [3.63, 3.8) is 0 Å². The summed E-state index contributed by atoms with van der Waals surface area (Å²) in [6.07, 6.45) is 1.14. The van der Waals surface area contributed by atoms with E-state index >= 15 is 0 Å². The van der Waals surface area contributed by atoms with Crippen LogP contribution in [-0.2, 0) is 0 Å². The molecule has 0 amide bonds. The Morgan fingerprint density at radius 3 is 3.00 bits per heavy atom. The van der Waals surface area contributed by atoms with Crippen LogP contribution in [0.3, 0.4) is 0 Å². The maximum absolute atomic E-state index is 8.99. The predicted octanol–water partition coefficient (Wildman–Crippen LogP) is 2.15. The Balaban J connectivity index is 2.06. The van der Waals surface area contributed by atoms with Gasteiger partial charge in [-0.3, -0.25) is 4.90 Å². The number of benzene rings is 1. The van der Waals surface area contributed by atoms with Crippen LogP contribution in [0.1, 0.15) is 12.0 Å². The van der Waals surface area contributed by atoms with Crippen LogP contribution in [0.4, 0.5) is 5.69 Å². The van der Waals surface area contributed by atoms with Gasteiger partial charge in [0.1, 0.15) is 0 Å². The summed E-state index contributed by atoms with van der Waals surface area (Å²) >= 11 is 6.17. The number of aliphatic hydroxyl groups excluding tert-OH is 1. The Bertz CT molecular complexity index is 411. The molecule has 0 aromatic heterocycles. The van der Waals surface area contributed by atoms with Gasteiger partial charge in [0, 0.05) is 36.4 Å². The zero-order valence-electron chi connectivity index (χ0n) is 11.1. The molecule has 4 heteroatoms. The van der Waals surface area contributed by atoms with E-state index in [0.717, 1.165) is 36.6 Å². The quantitative estimate of drug-likeness (QED) is 0.907. The van der Waals surface area contributed by atoms with E-state index in [0.29, 0.717) is 6.04 Å². The van der Waals surface area contributed by atoms with Gasteiger partial charge in [-0.15, -0.1) is 0 Å². The van der Waals surface area contributed by atoms with E-state index in [1.54, 1.807) is 0 Å². The fourth-order valence-electron chi connectivity index (χ4n) is 2.60. The van der Waals surface area contributed by atoms with Crippen molar-refractivity contribution < 1.29 is 5.11 Å². The first-order valence-corrected chi connectivity index (χ1v) is 6.82. The molecule has 18 heavy (non-hydrogen) atoms. The van der Waals surface area contributed by atoms with Gasteiger partial charge in [-0.05, 0) is 38.1 Å². The van der Waals surface area contributed by atoms with Crippen molar-refractivity contribution in [3.05, 3.63) is 28.8 Å². The van der Waals surface area contributed by atoms with Gasteiger partial charge in [-0.2, -0.15) is 0 Å². The van der Waals surface area contributed by atoms with Crippen molar-refractivity contribution in [1.29, 1.82) is 0 Å². The number of halogens is 1. The molecule has 1 atom stereocenters. The van der Waals surface area contributed by atoms with Crippen molar-refractivity contribution in [1.82, 2.24) is 4.90 Å². The van der Waals surface area contributed by atoms with Crippen LogP contribution in [0, 0.1) is 6.92 Å². The van der Waals surface area contributed by atoms with E-state index < -0.39 is 0 Å². The smallest absolute Gasteiger partial charge is 0.0558 e. The monoisotopic (exact) mass is 268 g/mol. The molecule has 0 bridgehead atoms. The number of aliphatic hydroxyl groups is 1. The van der Waals surface area contributed by atoms with Crippen molar-refractivity contribution >= 4 is 17.3 Å². The van der Waals surface area contributed by atoms with Crippen LogP contribution in [0.5, 0.6) is 0 Å². The second-order valence-electron chi connectivity index (χ2n) is 4.98. The third-order valence-corrected chi connectivity index (χ3v) is 4.23. The highest BCUT2D eigenvalue weighted by Crippen LogP contribution is 2.29. The molecular weight excluding hydrogens is 248 g/mol. The number of hydrogen-bond donors (Lipinski definition) is 1. The Kier molecular flexibility index (Phi) is 4.49. The van der Waals surface area contributed by atoms with Crippen molar-refractivity contribution in [2.75, 3.05) is 38.2 Å². The molecule has 3 nitrogen and oxygen atoms in total. The molecule has 1 N–H and O–H groups in total. The number of likely N-dealkylation sites (N-methyl/N-ethyl adjacent to an activating group) is 1. The summed E-state index contributed by atoms with van der Waals surface area (Å²) < 4.78 is 0. The summed E-state index contributed by atoms with van der Waals surface area (Å²) in [5, 5.41) is 9.82. The van der Waals surface area contributed by atoms with Gasteiger partial charge in [0.05, 0.1) is 6.61 Å². The Morgan fingerprint density at radius 2 is 2.28 bits per heavy atom. The number of anilines is 1. The van der Waals surface area contributed by atoms with E-state index in [1.165, 1.54) is 5.69 Å². The minimum absolute atomic E-state index is 0.225. The first kappa shape index (κ1) is 13.7. The molecule has 0 saturated carbocycles. The van der Waals surface area contributed by atoms with E-state index in [-0.39, 0.29) is 6.61 Å². The van der Waals surface area contributed by atoms with Gasteiger partial charge in [0.25, 0.3) is 0 Å². The minimum atomic E-state index is 0.225. The Labute approximate surface area is 114 Å². The lowest BCUT2D eigenvalue weighted by Gasteiger charge is -2.25. The van der Waals surface area contributed by atoms with Crippen LogP contribution in [0.15, 0.2) is 18.2 Å². The van der Waals surface area contributed by atoms with Crippen molar-refractivity contribution in [3.8, 4) is 0 Å². The molecular formula is C14H21ClN2O. The topological polar surface area (TPSA) is 26.7 Å². The normalized spacial score (nSPS) is 19.8. The Morgan fingerprint density at radius 1 is 1.50 bits per heavy atom. The second-order valence-corrected chi connectivity index (χ2v) is 5.38. The summed E-state index contributed by atoms with van der Waals surface area (Å²) in [4.78, 5) is 4.62. The van der Waals surface area contributed by atoms with Gasteiger partial charge >= 0.3 is 0 Å². The SMILES string of the molecule is Cc1c(Cl)cccc1N1CCC(N(C)CCO)C1. The number of nitrogens with zero attached hydrogens (tertiary/aromatic N) is 2. The highest BCUT2D eigenvalue weighted by atomic mass is 35.5. The molecule has 1 aliphatic rings. The van der Waals surface area contributed by atoms with Crippen LogP contribution in [0.2, 0.25) is 5.02 Å². The lowest BCUT2D eigenvalue weighted by atomic mass is 10.2. The highest BCUT2D eigenvalue weighted by molar-refractivity contribution is 6.31. The van der Waals surface area contributed by atoms with E-state index in [9.17, 15) is 0 Å². The van der Waals surface area contributed by atoms with E-state index in [4.69, 9.17) is 16.7 Å². The molecule has 1 aliphatic heterocycles. The van der Waals surface area contributed by atoms with Gasteiger partial charge in [0.2, 0.25) is 0 Å². The zero-order chi connectivity index (χ0) is 13.1. The third-order valence-electron chi connectivity index (χ3n) is 3.82. The van der Waals surface area contributed by atoms with E-state index in [2.05, 4.69) is 29.8 Å². The molecule has 0 radical (unpaired) electrons. The van der Waals surface area contributed by atoms with Gasteiger partial charge in [-0.25, -0.2) is 0 Å². The molecule has 1 heterocycles. The maximum Gasteiger partial charge on any atom is 0.0558 e. The maximum atomic E-state index is 8.99. The lowest BCUT2D eigenvalue weighted by molar-refractivity contribution is 0.188. The van der Waals surface area contributed by atoms with Crippen molar-refractivity contribution in [2.24, 2.45) is 0 Å². The van der Waals surface area contributed by atoms with Crippen LogP contribution in [0.25, 0.3) is 0 Å². The van der Waals surface area contributed by atoms with Gasteiger partial charge in [-0.1, -0.05) is 17.7 Å². The standard InChI is InChI=1S/C14H21ClN2O/c1-11-13(15)4-3-5-14(11)17-7-6-12(10-17)16(2)8-9-18/h3-5,12,18H,6-10H2,1-2H3. The molecule has 1 aromatic rings. The van der Waals surface area contributed by atoms with Crippen LogP contribution in [-0.4, -0.2) is 49.3 Å². The number of hydrogen-bond acceptors (Lipinski definition) is 3.